The molecule has 0 aliphatic rings. The number of methoxy groups -OCH3 is 1. The Morgan fingerprint density at radius 1 is 1.14 bits per heavy atom. The van der Waals surface area contributed by atoms with Gasteiger partial charge in [-0.05, 0) is 31.2 Å². The third-order valence-corrected chi connectivity index (χ3v) is 3.91. The van der Waals surface area contributed by atoms with E-state index in [1.165, 1.54) is 13.0 Å². The minimum atomic E-state index is -4.68. The van der Waals surface area contributed by atoms with Crippen LogP contribution in [0, 0.1) is 11.6 Å². The highest BCUT2D eigenvalue weighted by Gasteiger charge is 2.35. The van der Waals surface area contributed by atoms with Crippen molar-refractivity contribution in [3.05, 3.63) is 69.9 Å². The number of aldehydes is 1. The number of aromatic nitrogens is 1. The summed E-state index contributed by atoms with van der Waals surface area (Å²) in [6.07, 6.45) is -3.65. The number of ketones is 1. The van der Waals surface area contributed by atoms with Crippen molar-refractivity contribution < 1.29 is 36.3 Å². The van der Waals surface area contributed by atoms with Crippen LogP contribution in [0.4, 0.5) is 22.0 Å². The molecule has 2 aromatic rings. The van der Waals surface area contributed by atoms with Gasteiger partial charge in [0, 0.05) is 17.7 Å². The second-order valence-corrected chi connectivity index (χ2v) is 5.61. The maximum atomic E-state index is 14.1. The summed E-state index contributed by atoms with van der Waals surface area (Å²) in [6, 6.07) is 3.22. The van der Waals surface area contributed by atoms with Crippen molar-refractivity contribution in [3.63, 3.8) is 0 Å². The normalized spacial score (nSPS) is 12.0. The quantitative estimate of drug-likeness (QED) is 0.309. The van der Waals surface area contributed by atoms with Gasteiger partial charge in [0.25, 0.3) is 0 Å². The van der Waals surface area contributed by atoms with Crippen LogP contribution in [0.2, 0.25) is 0 Å². The summed E-state index contributed by atoms with van der Waals surface area (Å²) in [5, 5.41) is 0. The summed E-state index contributed by atoms with van der Waals surface area (Å²) in [6.45, 7) is 1.44. The molecule has 0 spiro atoms. The standard InChI is InChI=1S/C19H14F5NO3/c1-3-10(17(27)16-12(9-26)14(20)6-7-15(16)21)8-11-4-5-13(19(22,23)24)18(25-11)28-2/h3-7,9H,8H2,1-2H3/b10-3-. The third kappa shape index (κ3) is 4.24. The molecule has 0 aliphatic heterocycles. The second-order valence-electron chi connectivity index (χ2n) is 5.61. The molecule has 9 heteroatoms. The van der Waals surface area contributed by atoms with Gasteiger partial charge in [0.1, 0.15) is 17.2 Å². The first kappa shape index (κ1) is 21.2. The van der Waals surface area contributed by atoms with E-state index >= 15 is 0 Å². The van der Waals surface area contributed by atoms with Crippen LogP contribution in [0.1, 0.15) is 38.9 Å². The predicted octanol–water partition coefficient (Wildman–Crippen LogP) is 4.57. The van der Waals surface area contributed by atoms with Gasteiger partial charge in [-0.1, -0.05) is 6.08 Å². The van der Waals surface area contributed by atoms with E-state index in [0.29, 0.717) is 12.1 Å². The van der Waals surface area contributed by atoms with Gasteiger partial charge >= 0.3 is 6.18 Å². The van der Waals surface area contributed by atoms with Gasteiger partial charge in [0.15, 0.2) is 12.1 Å². The van der Waals surface area contributed by atoms with Gasteiger partial charge in [-0.3, -0.25) is 9.59 Å². The minimum Gasteiger partial charge on any atom is -0.481 e. The fraction of sp³-hybridized carbons (Fsp3) is 0.211. The molecule has 0 fully saturated rings. The molecule has 0 bridgehead atoms. The number of nitrogens with zero attached hydrogens (tertiary/aromatic N) is 1. The number of hydrogen-bond acceptors (Lipinski definition) is 4. The highest BCUT2D eigenvalue weighted by Crippen LogP contribution is 2.35. The molecule has 4 nitrogen and oxygen atoms in total. The number of carbonyl (C=O) groups is 2. The van der Waals surface area contributed by atoms with Gasteiger partial charge in [-0.15, -0.1) is 0 Å². The molecular formula is C19H14F5NO3. The summed E-state index contributed by atoms with van der Waals surface area (Å²) < 4.78 is 71.2. The van der Waals surface area contributed by atoms with Crippen LogP contribution in [-0.4, -0.2) is 24.2 Å². The van der Waals surface area contributed by atoms with E-state index in [9.17, 15) is 31.5 Å². The first-order valence-electron chi connectivity index (χ1n) is 7.88. The Bertz CT molecular complexity index is 951. The first-order valence-corrected chi connectivity index (χ1v) is 7.88. The molecule has 0 saturated heterocycles. The molecule has 0 saturated carbocycles. The molecular weight excluding hydrogens is 385 g/mol. The molecule has 1 aromatic heterocycles. The molecule has 0 atom stereocenters. The number of pyridine rings is 1. The molecule has 0 amide bonds. The highest BCUT2D eigenvalue weighted by molar-refractivity contribution is 6.12. The Labute approximate surface area is 156 Å². The SMILES string of the molecule is C/C=C(/Cc1ccc(C(F)(F)F)c(OC)n1)C(=O)c1c(F)ccc(F)c1C=O. The van der Waals surface area contributed by atoms with Crippen molar-refractivity contribution >= 4 is 12.1 Å². The van der Waals surface area contributed by atoms with Crippen LogP contribution >= 0.6 is 0 Å². The first-order chi connectivity index (χ1) is 13.1. The number of carbonyl (C=O) groups excluding carboxylic acids is 2. The lowest BCUT2D eigenvalue weighted by atomic mass is 9.94. The maximum absolute atomic E-state index is 14.1. The lowest BCUT2D eigenvalue weighted by Crippen LogP contribution is -2.14. The van der Waals surface area contributed by atoms with Gasteiger partial charge in [-0.25, -0.2) is 13.8 Å². The summed E-state index contributed by atoms with van der Waals surface area (Å²) in [5.41, 5.74) is -2.62. The van der Waals surface area contributed by atoms with E-state index < -0.39 is 46.2 Å². The minimum absolute atomic E-state index is 0.0261. The van der Waals surface area contributed by atoms with Crippen molar-refractivity contribution in [2.24, 2.45) is 0 Å². The van der Waals surface area contributed by atoms with Crippen LogP contribution < -0.4 is 4.74 Å². The maximum Gasteiger partial charge on any atom is 0.421 e. The van der Waals surface area contributed by atoms with Gasteiger partial charge in [0.05, 0.1) is 18.2 Å². The fourth-order valence-electron chi connectivity index (χ4n) is 2.53. The summed E-state index contributed by atoms with van der Waals surface area (Å²) in [5.74, 6) is -3.81. The molecule has 1 heterocycles. The van der Waals surface area contributed by atoms with Crippen molar-refractivity contribution in [2.45, 2.75) is 19.5 Å². The Balaban J connectivity index is 2.43. The Morgan fingerprint density at radius 2 is 1.79 bits per heavy atom. The number of rotatable bonds is 6. The number of ether oxygens (including phenoxy) is 1. The Hall–Kier alpha value is -3.10. The predicted molar refractivity (Wildman–Crippen MR) is 89.3 cm³/mol. The van der Waals surface area contributed by atoms with Crippen molar-refractivity contribution in [2.75, 3.05) is 7.11 Å². The van der Waals surface area contributed by atoms with Gasteiger partial charge < -0.3 is 4.74 Å². The number of halogens is 5. The largest absolute Gasteiger partial charge is 0.481 e. The highest BCUT2D eigenvalue weighted by atomic mass is 19.4. The van der Waals surface area contributed by atoms with Crippen LogP contribution in [-0.2, 0) is 12.6 Å². The molecule has 2 rings (SSSR count). The van der Waals surface area contributed by atoms with E-state index in [1.807, 2.05) is 0 Å². The molecule has 0 aliphatic carbocycles. The number of alkyl halides is 3. The smallest absolute Gasteiger partial charge is 0.421 e. The molecule has 0 radical (unpaired) electrons. The molecule has 28 heavy (non-hydrogen) atoms. The molecule has 0 N–H and O–H groups in total. The summed E-state index contributed by atoms with van der Waals surface area (Å²) in [7, 11) is 1.02. The Kier molecular flexibility index (Phi) is 6.27. The average molecular weight is 399 g/mol. The third-order valence-electron chi connectivity index (χ3n) is 3.91. The van der Waals surface area contributed by atoms with Crippen LogP contribution in [0.5, 0.6) is 5.88 Å². The lowest BCUT2D eigenvalue weighted by molar-refractivity contribution is -0.139. The monoisotopic (exact) mass is 399 g/mol. The average Bonchev–Trinajstić information content (AvgIpc) is 2.65. The van der Waals surface area contributed by atoms with Crippen LogP contribution in [0.15, 0.2) is 35.9 Å². The zero-order chi connectivity index (χ0) is 21.1. The Morgan fingerprint density at radius 3 is 2.32 bits per heavy atom. The number of hydrogen-bond donors (Lipinski definition) is 0. The lowest BCUT2D eigenvalue weighted by Gasteiger charge is -2.13. The zero-order valence-electron chi connectivity index (χ0n) is 14.7. The second kappa shape index (κ2) is 8.28. The van der Waals surface area contributed by atoms with E-state index in [2.05, 4.69) is 9.72 Å². The van der Waals surface area contributed by atoms with Crippen molar-refractivity contribution in [1.82, 2.24) is 4.98 Å². The van der Waals surface area contributed by atoms with E-state index in [0.717, 1.165) is 19.2 Å². The number of benzene rings is 1. The zero-order valence-corrected chi connectivity index (χ0v) is 14.7. The van der Waals surface area contributed by atoms with Crippen LogP contribution in [0.25, 0.3) is 0 Å². The van der Waals surface area contributed by atoms with E-state index in [4.69, 9.17) is 0 Å². The molecule has 1 aromatic carbocycles. The van der Waals surface area contributed by atoms with E-state index in [-0.39, 0.29) is 24.0 Å². The van der Waals surface area contributed by atoms with Crippen molar-refractivity contribution in [1.29, 1.82) is 0 Å². The molecule has 0 unspecified atom stereocenters. The summed E-state index contributed by atoms with van der Waals surface area (Å²) >= 11 is 0. The number of Topliss-reactive ketones (excluding diaryl/α,β-unsaturated/α-hetero) is 1. The summed E-state index contributed by atoms with van der Waals surface area (Å²) in [4.78, 5) is 27.4. The molecule has 148 valence electrons. The van der Waals surface area contributed by atoms with Gasteiger partial charge in [-0.2, -0.15) is 13.2 Å². The fourth-order valence-corrected chi connectivity index (χ4v) is 2.53. The van der Waals surface area contributed by atoms with E-state index in [1.54, 1.807) is 0 Å². The topological polar surface area (TPSA) is 56.3 Å². The van der Waals surface area contributed by atoms with Gasteiger partial charge in [0.2, 0.25) is 5.88 Å². The van der Waals surface area contributed by atoms with Crippen LogP contribution in [0.3, 0.4) is 0 Å². The number of allylic oxidation sites excluding steroid dienone is 2. The van der Waals surface area contributed by atoms with Crippen molar-refractivity contribution in [3.8, 4) is 5.88 Å².